The minimum Gasteiger partial charge on any atom is -0.465 e. The number of aryl methyl sites for hydroxylation is 1. The van der Waals surface area contributed by atoms with Crippen LogP contribution in [0.15, 0.2) is 16.5 Å². The molecule has 1 N–H and O–H groups in total. The van der Waals surface area contributed by atoms with Gasteiger partial charge in [-0.2, -0.15) is 0 Å². The molecule has 0 saturated carbocycles. The predicted molar refractivity (Wildman–Crippen MR) is 65.4 cm³/mol. The summed E-state index contributed by atoms with van der Waals surface area (Å²) >= 11 is 0. The van der Waals surface area contributed by atoms with Crippen LogP contribution >= 0.6 is 0 Å². The number of nitrogens with one attached hydrogen (secondary N) is 1. The molecule has 3 heteroatoms. The van der Waals surface area contributed by atoms with E-state index < -0.39 is 0 Å². The summed E-state index contributed by atoms with van der Waals surface area (Å²) in [5, 5.41) is 3.58. The van der Waals surface area contributed by atoms with E-state index in [2.05, 4.69) is 30.3 Å². The molecule has 1 aromatic heterocycles. The van der Waals surface area contributed by atoms with Gasteiger partial charge in [0.1, 0.15) is 11.5 Å². The third-order valence-electron chi connectivity index (χ3n) is 3.30. The molecule has 2 rings (SSSR count). The van der Waals surface area contributed by atoms with Crippen LogP contribution in [0.4, 0.5) is 0 Å². The topological polar surface area (TPSA) is 28.4 Å². The lowest BCUT2D eigenvalue weighted by Gasteiger charge is -2.29. The molecule has 0 aliphatic carbocycles. The van der Waals surface area contributed by atoms with Crippen molar-refractivity contribution in [3.05, 3.63) is 23.7 Å². The van der Waals surface area contributed by atoms with E-state index in [1.165, 1.54) is 12.8 Å². The van der Waals surface area contributed by atoms with E-state index in [0.717, 1.165) is 31.2 Å². The predicted octanol–water partition coefficient (Wildman–Crippen LogP) is 2.16. The lowest BCUT2D eigenvalue weighted by Crippen LogP contribution is -2.46. The van der Waals surface area contributed by atoms with Crippen LogP contribution in [0.5, 0.6) is 0 Å². The van der Waals surface area contributed by atoms with E-state index in [-0.39, 0.29) is 5.54 Å². The number of rotatable bonds is 4. The van der Waals surface area contributed by atoms with Gasteiger partial charge in [-0.05, 0) is 52.4 Å². The Morgan fingerprint density at radius 3 is 2.88 bits per heavy atom. The fraction of sp³-hybridized carbons (Fsp3) is 0.692. The number of likely N-dealkylation sites (N-methyl/N-ethyl adjacent to an activating group) is 1. The van der Waals surface area contributed by atoms with Crippen molar-refractivity contribution in [2.24, 2.45) is 0 Å². The molecule has 1 aliphatic rings. The van der Waals surface area contributed by atoms with Gasteiger partial charge in [-0.3, -0.25) is 4.90 Å². The number of furan rings is 1. The van der Waals surface area contributed by atoms with Crippen LogP contribution in [0.25, 0.3) is 0 Å². The second kappa shape index (κ2) is 4.60. The van der Waals surface area contributed by atoms with Crippen molar-refractivity contribution < 1.29 is 4.42 Å². The lowest BCUT2D eigenvalue weighted by molar-refractivity contribution is 0.219. The molecule has 90 valence electrons. The molecule has 1 unspecified atom stereocenters. The van der Waals surface area contributed by atoms with Crippen LogP contribution in [0, 0.1) is 6.92 Å². The van der Waals surface area contributed by atoms with Crippen molar-refractivity contribution in [2.45, 2.75) is 38.8 Å². The molecule has 0 amide bonds. The second-order valence-electron chi connectivity index (χ2n) is 5.28. The van der Waals surface area contributed by atoms with Crippen LogP contribution in [0.1, 0.15) is 31.3 Å². The van der Waals surface area contributed by atoms with Crippen LogP contribution in [-0.4, -0.2) is 30.6 Å². The van der Waals surface area contributed by atoms with Gasteiger partial charge in [0.2, 0.25) is 0 Å². The summed E-state index contributed by atoms with van der Waals surface area (Å²) in [6.45, 7) is 7.43. The first-order chi connectivity index (χ1) is 7.57. The number of hydrogen-bond donors (Lipinski definition) is 1. The molecule has 1 fully saturated rings. The highest BCUT2D eigenvalue weighted by molar-refractivity contribution is 5.05. The molecule has 0 radical (unpaired) electrons. The van der Waals surface area contributed by atoms with Crippen LogP contribution in [0.2, 0.25) is 0 Å². The van der Waals surface area contributed by atoms with Gasteiger partial charge in [0.25, 0.3) is 0 Å². The molecule has 0 spiro atoms. The van der Waals surface area contributed by atoms with Crippen LogP contribution in [0.3, 0.4) is 0 Å². The molecule has 0 bridgehead atoms. The number of hydrogen-bond acceptors (Lipinski definition) is 3. The third-order valence-corrected chi connectivity index (χ3v) is 3.30. The monoisotopic (exact) mass is 222 g/mol. The summed E-state index contributed by atoms with van der Waals surface area (Å²) in [6.07, 6.45) is 2.57. The highest BCUT2D eigenvalue weighted by Crippen LogP contribution is 2.20. The Kier molecular flexibility index (Phi) is 3.36. The van der Waals surface area contributed by atoms with E-state index in [4.69, 9.17) is 4.42 Å². The van der Waals surface area contributed by atoms with Gasteiger partial charge in [0, 0.05) is 12.1 Å². The minimum absolute atomic E-state index is 0.288. The Morgan fingerprint density at radius 2 is 2.31 bits per heavy atom. The molecule has 0 aromatic carbocycles. The quantitative estimate of drug-likeness (QED) is 0.846. The molecule has 1 saturated heterocycles. The first-order valence-electron chi connectivity index (χ1n) is 6.06. The van der Waals surface area contributed by atoms with Crippen molar-refractivity contribution in [3.63, 3.8) is 0 Å². The SMILES string of the molecule is Cc1ccc(CN(C)CC2(C)CCCN2)o1. The first-order valence-corrected chi connectivity index (χ1v) is 6.06. The normalized spacial score (nSPS) is 25.5. The highest BCUT2D eigenvalue weighted by atomic mass is 16.3. The Hall–Kier alpha value is -0.800. The van der Waals surface area contributed by atoms with Crippen molar-refractivity contribution in [3.8, 4) is 0 Å². The second-order valence-corrected chi connectivity index (χ2v) is 5.28. The van der Waals surface area contributed by atoms with Crippen molar-refractivity contribution in [1.29, 1.82) is 0 Å². The fourth-order valence-electron chi connectivity index (χ4n) is 2.58. The molecule has 2 heterocycles. The van der Waals surface area contributed by atoms with Gasteiger partial charge in [-0.25, -0.2) is 0 Å². The fourth-order valence-corrected chi connectivity index (χ4v) is 2.58. The maximum Gasteiger partial charge on any atom is 0.118 e. The van der Waals surface area contributed by atoms with Gasteiger partial charge in [0.05, 0.1) is 6.54 Å². The summed E-state index contributed by atoms with van der Waals surface area (Å²) in [5.74, 6) is 2.05. The first kappa shape index (κ1) is 11.7. The van der Waals surface area contributed by atoms with E-state index in [1.807, 2.05) is 13.0 Å². The van der Waals surface area contributed by atoms with Gasteiger partial charge in [-0.15, -0.1) is 0 Å². The molecule has 1 atom stereocenters. The van der Waals surface area contributed by atoms with E-state index in [1.54, 1.807) is 0 Å². The van der Waals surface area contributed by atoms with Crippen LogP contribution < -0.4 is 5.32 Å². The van der Waals surface area contributed by atoms with Gasteiger partial charge >= 0.3 is 0 Å². The van der Waals surface area contributed by atoms with E-state index in [0.29, 0.717) is 0 Å². The number of nitrogens with zero attached hydrogens (tertiary/aromatic N) is 1. The third kappa shape index (κ3) is 2.86. The van der Waals surface area contributed by atoms with Gasteiger partial charge in [-0.1, -0.05) is 0 Å². The summed E-state index contributed by atoms with van der Waals surface area (Å²) in [7, 11) is 2.16. The summed E-state index contributed by atoms with van der Waals surface area (Å²) < 4.78 is 5.59. The smallest absolute Gasteiger partial charge is 0.118 e. The lowest BCUT2D eigenvalue weighted by atomic mass is 10.00. The Balaban J connectivity index is 1.86. The summed E-state index contributed by atoms with van der Waals surface area (Å²) in [4.78, 5) is 2.33. The average molecular weight is 222 g/mol. The molecule has 3 nitrogen and oxygen atoms in total. The van der Waals surface area contributed by atoms with E-state index >= 15 is 0 Å². The largest absolute Gasteiger partial charge is 0.465 e. The standard InChI is InChI=1S/C13H22N2O/c1-11-5-6-12(16-11)9-15(3)10-13(2)7-4-8-14-13/h5-6,14H,4,7-10H2,1-3H3. The van der Waals surface area contributed by atoms with E-state index in [9.17, 15) is 0 Å². The summed E-state index contributed by atoms with van der Waals surface area (Å²) in [5.41, 5.74) is 0.288. The molecular weight excluding hydrogens is 200 g/mol. The minimum atomic E-state index is 0.288. The Morgan fingerprint density at radius 1 is 1.50 bits per heavy atom. The average Bonchev–Trinajstić information content (AvgIpc) is 2.75. The Labute approximate surface area is 97.8 Å². The van der Waals surface area contributed by atoms with Gasteiger partial charge < -0.3 is 9.73 Å². The molecule has 1 aromatic rings. The zero-order valence-corrected chi connectivity index (χ0v) is 10.5. The molecular formula is C13H22N2O. The van der Waals surface area contributed by atoms with Gasteiger partial charge in [0.15, 0.2) is 0 Å². The van der Waals surface area contributed by atoms with Crippen molar-refractivity contribution >= 4 is 0 Å². The van der Waals surface area contributed by atoms with Crippen LogP contribution in [-0.2, 0) is 6.54 Å². The zero-order chi connectivity index (χ0) is 11.6. The zero-order valence-electron chi connectivity index (χ0n) is 10.5. The maximum atomic E-state index is 5.59. The highest BCUT2D eigenvalue weighted by Gasteiger charge is 2.29. The Bertz CT molecular complexity index is 339. The maximum absolute atomic E-state index is 5.59. The van der Waals surface area contributed by atoms with Crippen molar-refractivity contribution in [2.75, 3.05) is 20.1 Å². The van der Waals surface area contributed by atoms with Crippen molar-refractivity contribution in [1.82, 2.24) is 10.2 Å². The molecule has 16 heavy (non-hydrogen) atoms. The summed E-state index contributed by atoms with van der Waals surface area (Å²) in [6, 6.07) is 4.09. The molecule has 1 aliphatic heterocycles.